The van der Waals surface area contributed by atoms with Crippen LogP contribution in [0.1, 0.15) is 32.3 Å². The Morgan fingerprint density at radius 3 is 3.05 bits per heavy atom. The number of ketones is 1. The van der Waals surface area contributed by atoms with Gasteiger partial charge in [-0.3, -0.25) is 4.79 Å². The Kier molecular flexibility index (Phi) is 2.36. The largest absolute Gasteiger partial charge is 0.350 e. The summed E-state index contributed by atoms with van der Waals surface area (Å²) in [7, 11) is 0. The molecule has 4 nitrogen and oxygen atoms in total. The number of para-hydroxylation sites is 1. The topological polar surface area (TPSA) is 50.7 Å². The molecule has 3 rings (SSSR count). The lowest BCUT2D eigenvalue weighted by Crippen LogP contribution is -2.01. The highest BCUT2D eigenvalue weighted by Gasteiger charge is 2.14. The minimum Gasteiger partial charge on any atom is -0.350 e. The number of aryl methyl sites for hydroxylation is 3. The summed E-state index contributed by atoms with van der Waals surface area (Å²) in [6.07, 6.45) is 3.87. The van der Waals surface area contributed by atoms with Gasteiger partial charge in [0.15, 0.2) is 5.78 Å². The molecular weight excluding hydrogens is 250 g/mol. The van der Waals surface area contributed by atoms with Crippen LogP contribution in [0.4, 0.5) is 0 Å². The first kappa shape index (κ1) is 9.53. The summed E-state index contributed by atoms with van der Waals surface area (Å²) >= 11 is 0. The highest BCUT2D eigenvalue weighted by Crippen LogP contribution is 2.22. The van der Waals surface area contributed by atoms with Gasteiger partial charge in [0.05, 0.1) is 12.0 Å². The molecule has 0 saturated carbocycles. The van der Waals surface area contributed by atoms with Crippen LogP contribution in [0.3, 0.4) is 0 Å². The fraction of sp³-hybridized carbons (Fsp3) is 0.250. The quantitative estimate of drug-likeness (QED) is 0.743. The standard InChI is InChI=1S/C16H17N3O/c1-11-14(18-10-17-11)7-8-16(20)13-9-19(2)15-6-4-3-5-12(13)15/h3-6,9-10H,7-8H2,1-2H3,(H,17,18)/i2T3. The maximum absolute atomic E-state index is 12.6. The van der Waals surface area contributed by atoms with Crippen LogP contribution in [0.5, 0.6) is 0 Å². The molecule has 1 aromatic carbocycles. The normalized spacial score (nSPS) is 13.9. The number of rotatable bonds is 4. The molecule has 20 heavy (non-hydrogen) atoms. The van der Waals surface area contributed by atoms with Gasteiger partial charge in [-0.2, -0.15) is 0 Å². The van der Waals surface area contributed by atoms with Crippen molar-refractivity contribution in [2.75, 3.05) is 0 Å². The number of Topliss-reactive ketones (excluding diaryl/α,β-unsaturated/α-hetero) is 1. The first-order chi connectivity index (χ1) is 10.9. The Balaban J connectivity index is 1.93. The number of nitrogens with one attached hydrogen (secondary N) is 1. The highest BCUT2D eigenvalue weighted by molar-refractivity contribution is 6.08. The molecule has 0 bridgehead atoms. The van der Waals surface area contributed by atoms with E-state index in [4.69, 9.17) is 4.11 Å². The van der Waals surface area contributed by atoms with Crippen LogP contribution in [0.25, 0.3) is 10.9 Å². The molecule has 102 valence electrons. The van der Waals surface area contributed by atoms with Crippen molar-refractivity contribution in [2.24, 2.45) is 6.98 Å². The fourth-order valence-corrected chi connectivity index (χ4v) is 2.41. The van der Waals surface area contributed by atoms with Crippen LogP contribution >= 0.6 is 0 Å². The Hall–Kier alpha value is -2.36. The summed E-state index contributed by atoms with van der Waals surface area (Å²) in [5.41, 5.74) is 2.80. The van der Waals surface area contributed by atoms with Crippen LogP contribution in [0, 0.1) is 6.92 Å². The van der Waals surface area contributed by atoms with Crippen molar-refractivity contribution < 1.29 is 8.91 Å². The summed E-state index contributed by atoms with van der Waals surface area (Å²) in [6, 6.07) is 7.08. The monoisotopic (exact) mass is 273 g/mol. The van der Waals surface area contributed by atoms with Gasteiger partial charge in [0, 0.05) is 45.9 Å². The van der Waals surface area contributed by atoms with Gasteiger partial charge in [0.2, 0.25) is 0 Å². The molecule has 2 aromatic heterocycles. The molecule has 0 saturated heterocycles. The summed E-state index contributed by atoms with van der Waals surface area (Å²) < 4.78 is 24.1. The van der Waals surface area contributed by atoms with E-state index in [9.17, 15) is 4.79 Å². The molecule has 0 amide bonds. The zero-order valence-electron chi connectivity index (χ0n) is 14.2. The number of H-pyrrole nitrogens is 1. The third kappa shape index (κ3) is 2.13. The van der Waals surface area contributed by atoms with Crippen molar-refractivity contribution in [2.45, 2.75) is 19.8 Å². The van der Waals surface area contributed by atoms with E-state index in [-0.39, 0.29) is 5.78 Å². The molecule has 2 heterocycles. The first-order valence-electron chi connectivity index (χ1n) is 8.00. The van der Waals surface area contributed by atoms with Crippen molar-refractivity contribution in [3.05, 3.63) is 53.7 Å². The molecular formula is C16H17N3O. The van der Waals surface area contributed by atoms with Crippen LogP contribution in [-0.2, 0) is 13.4 Å². The third-order valence-corrected chi connectivity index (χ3v) is 3.54. The summed E-state index contributed by atoms with van der Waals surface area (Å²) in [5.74, 6) is -0.0772. The second kappa shape index (κ2) is 4.96. The lowest BCUT2D eigenvalue weighted by Gasteiger charge is -1.99. The number of nitrogens with zero attached hydrogens (tertiary/aromatic N) is 2. The number of aromatic nitrogens is 3. The number of hydrogen-bond acceptors (Lipinski definition) is 2. The summed E-state index contributed by atoms with van der Waals surface area (Å²) in [4.78, 5) is 19.7. The number of carbonyl (C=O) groups excluding carboxylic acids is 1. The predicted molar refractivity (Wildman–Crippen MR) is 78.9 cm³/mol. The molecule has 0 fully saturated rings. The lowest BCUT2D eigenvalue weighted by molar-refractivity contribution is 0.0984. The number of aromatic amines is 1. The molecule has 1 N–H and O–H groups in total. The zero-order chi connectivity index (χ0) is 16.6. The first-order valence-corrected chi connectivity index (χ1v) is 6.50. The van der Waals surface area contributed by atoms with E-state index in [1.807, 2.05) is 6.92 Å². The van der Waals surface area contributed by atoms with Crippen molar-refractivity contribution >= 4 is 16.7 Å². The van der Waals surface area contributed by atoms with E-state index >= 15 is 0 Å². The van der Waals surface area contributed by atoms with Crippen LogP contribution in [0.2, 0.25) is 0 Å². The number of imidazole rings is 1. The predicted octanol–water partition coefficient (Wildman–Crippen LogP) is 3.03. The number of carbonyl (C=O) groups is 1. The van der Waals surface area contributed by atoms with Gasteiger partial charge in [-0.15, -0.1) is 0 Å². The molecule has 0 aliphatic rings. The second-order valence-electron chi connectivity index (χ2n) is 4.83. The van der Waals surface area contributed by atoms with Gasteiger partial charge in [-0.05, 0) is 19.4 Å². The third-order valence-electron chi connectivity index (χ3n) is 3.54. The molecule has 0 atom stereocenters. The van der Waals surface area contributed by atoms with Crippen molar-refractivity contribution in [3.8, 4) is 0 Å². The Morgan fingerprint density at radius 2 is 2.30 bits per heavy atom. The molecule has 0 aliphatic carbocycles. The Labute approximate surface area is 121 Å². The van der Waals surface area contributed by atoms with E-state index in [2.05, 4.69) is 9.97 Å². The van der Waals surface area contributed by atoms with Crippen LogP contribution in [0.15, 0.2) is 36.8 Å². The van der Waals surface area contributed by atoms with E-state index in [0.717, 1.165) is 11.4 Å². The maximum atomic E-state index is 12.6. The Morgan fingerprint density at radius 1 is 1.45 bits per heavy atom. The van der Waals surface area contributed by atoms with Gasteiger partial charge in [-0.1, -0.05) is 18.2 Å². The number of fused-ring (bicyclic) bond motifs is 1. The average molecular weight is 273 g/mol. The molecule has 4 heteroatoms. The lowest BCUT2D eigenvalue weighted by atomic mass is 10.0. The average Bonchev–Trinajstić information content (AvgIpc) is 3.08. The molecule has 3 aromatic rings. The van der Waals surface area contributed by atoms with E-state index in [0.29, 0.717) is 29.3 Å². The highest BCUT2D eigenvalue weighted by atomic mass is 16.1. The van der Waals surface area contributed by atoms with E-state index in [1.165, 1.54) is 10.8 Å². The SMILES string of the molecule is [3H]C([3H])([3H])n1cc(C(=O)CCc2nc[nH]c2C)c2ccccc21. The van der Waals surface area contributed by atoms with Crippen molar-refractivity contribution in [1.82, 2.24) is 14.5 Å². The molecule has 0 aliphatic heterocycles. The number of hydrogen-bond donors (Lipinski definition) is 1. The Bertz CT molecular complexity index is 861. The van der Waals surface area contributed by atoms with Crippen molar-refractivity contribution in [3.63, 3.8) is 0 Å². The molecule has 0 unspecified atom stereocenters. The summed E-state index contributed by atoms with van der Waals surface area (Å²) in [6.45, 7) is -0.399. The van der Waals surface area contributed by atoms with Crippen molar-refractivity contribution in [1.29, 1.82) is 0 Å². The van der Waals surface area contributed by atoms with Gasteiger partial charge < -0.3 is 9.55 Å². The summed E-state index contributed by atoms with van der Waals surface area (Å²) in [5, 5.41) is 0.673. The second-order valence-corrected chi connectivity index (χ2v) is 4.83. The smallest absolute Gasteiger partial charge is 0.165 e. The van der Waals surface area contributed by atoms with Gasteiger partial charge in [-0.25, -0.2) is 4.98 Å². The van der Waals surface area contributed by atoms with E-state index in [1.54, 1.807) is 30.6 Å². The van der Waals surface area contributed by atoms with Crippen LogP contribution < -0.4 is 0 Å². The molecule has 0 radical (unpaired) electrons. The van der Waals surface area contributed by atoms with Crippen LogP contribution in [-0.4, -0.2) is 20.3 Å². The zero-order valence-corrected chi connectivity index (χ0v) is 11.2. The van der Waals surface area contributed by atoms with Gasteiger partial charge in [0.1, 0.15) is 0 Å². The number of benzene rings is 1. The molecule has 0 spiro atoms. The maximum Gasteiger partial charge on any atom is 0.165 e. The fourth-order valence-electron chi connectivity index (χ4n) is 2.41. The van der Waals surface area contributed by atoms with E-state index < -0.39 is 6.98 Å². The minimum atomic E-state index is -2.31. The van der Waals surface area contributed by atoms with Gasteiger partial charge in [0.25, 0.3) is 0 Å². The van der Waals surface area contributed by atoms with Gasteiger partial charge >= 0.3 is 0 Å². The minimum absolute atomic E-state index is 0.0772.